The zero-order valence-electron chi connectivity index (χ0n) is 19.0. The molecule has 0 fully saturated rings. The number of rotatable bonds is 10. The fraction of sp³-hybridized carbons (Fsp3) is 0.160. The van der Waals surface area contributed by atoms with E-state index < -0.39 is 5.56 Å². The van der Waals surface area contributed by atoms with Gasteiger partial charge in [-0.15, -0.1) is 0 Å². The van der Waals surface area contributed by atoms with Crippen LogP contribution in [0.4, 0.5) is 5.82 Å². The van der Waals surface area contributed by atoms with Crippen LogP contribution >= 0.6 is 0 Å². The first-order valence-electron chi connectivity index (χ1n) is 11.1. The van der Waals surface area contributed by atoms with Crippen molar-refractivity contribution in [1.29, 1.82) is 5.41 Å². The molecular weight excluding hydrogens is 444 g/mol. The molecule has 0 aliphatic rings. The van der Waals surface area contributed by atoms with Gasteiger partial charge in [0.05, 0.1) is 18.4 Å². The van der Waals surface area contributed by atoms with Crippen molar-refractivity contribution in [3.8, 4) is 0 Å². The number of nitrogens with two attached hydrogens (primary N) is 1. The van der Waals surface area contributed by atoms with Gasteiger partial charge in [0.1, 0.15) is 6.54 Å². The van der Waals surface area contributed by atoms with Gasteiger partial charge in [-0.1, -0.05) is 30.3 Å². The van der Waals surface area contributed by atoms with Crippen molar-refractivity contribution < 1.29 is 4.79 Å². The summed E-state index contributed by atoms with van der Waals surface area (Å²) in [5.41, 5.74) is 8.60. The number of fused-ring (bicyclic) bond motifs is 1. The van der Waals surface area contributed by atoms with Crippen molar-refractivity contribution in [1.82, 2.24) is 24.8 Å². The van der Waals surface area contributed by atoms with E-state index in [1.807, 2.05) is 42.5 Å². The standard InChI is InChI=1S/C25H26N8O2/c26-11-19(12-27)22-15-31-24(29-9-6-17-4-2-1-3-5-17)25(35)33(22)16-23(34)30-14-20-10-18-13-28-8-7-21(18)32-20/h1-5,7-8,10-13,15,26,32H,6,9,14,16,27H2,(H,29,31)(H,30,34)/b19-12+,26-11?. The molecule has 0 saturated carbocycles. The van der Waals surface area contributed by atoms with Crippen LogP contribution in [0.15, 0.2) is 72.0 Å². The highest BCUT2D eigenvalue weighted by Crippen LogP contribution is 2.13. The van der Waals surface area contributed by atoms with Gasteiger partial charge in [0.2, 0.25) is 5.91 Å². The van der Waals surface area contributed by atoms with Gasteiger partial charge in [0, 0.05) is 53.5 Å². The molecule has 0 spiro atoms. The van der Waals surface area contributed by atoms with Gasteiger partial charge in [-0.25, -0.2) is 4.98 Å². The smallest absolute Gasteiger partial charge is 0.294 e. The molecule has 0 saturated heterocycles. The number of hydrogen-bond acceptors (Lipinski definition) is 7. The first-order valence-corrected chi connectivity index (χ1v) is 11.1. The number of nitrogens with one attached hydrogen (secondary N) is 4. The molecule has 4 rings (SSSR count). The Morgan fingerprint density at radius 2 is 2.03 bits per heavy atom. The number of aromatic nitrogens is 4. The van der Waals surface area contributed by atoms with E-state index in [1.54, 1.807) is 12.4 Å². The van der Waals surface area contributed by atoms with E-state index in [9.17, 15) is 9.59 Å². The van der Waals surface area contributed by atoms with Gasteiger partial charge in [-0.3, -0.25) is 19.1 Å². The molecule has 1 amide bonds. The first-order chi connectivity index (χ1) is 17.1. The predicted molar refractivity (Wildman–Crippen MR) is 136 cm³/mol. The maximum absolute atomic E-state index is 13.2. The summed E-state index contributed by atoms with van der Waals surface area (Å²) in [6.07, 6.45) is 7.80. The van der Waals surface area contributed by atoms with Crippen molar-refractivity contribution in [2.45, 2.75) is 19.5 Å². The average molecular weight is 471 g/mol. The van der Waals surface area contributed by atoms with Crippen molar-refractivity contribution >= 4 is 34.4 Å². The second-order valence-electron chi connectivity index (χ2n) is 7.85. The van der Waals surface area contributed by atoms with Gasteiger partial charge >= 0.3 is 0 Å². The number of allylic oxidation sites excluding steroid dienone is 1. The van der Waals surface area contributed by atoms with Crippen molar-refractivity contribution in [2.24, 2.45) is 5.73 Å². The lowest BCUT2D eigenvalue weighted by Gasteiger charge is -2.15. The molecule has 6 N–H and O–H groups in total. The molecule has 35 heavy (non-hydrogen) atoms. The molecule has 0 bridgehead atoms. The molecular formula is C25H26N8O2. The highest BCUT2D eigenvalue weighted by Gasteiger charge is 2.16. The Bertz CT molecular complexity index is 1390. The lowest BCUT2D eigenvalue weighted by atomic mass is 10.1. The van der Waals surface area contributed by atoms with Crippen LogP contribution in [-0.4, -0.2) is 38.2 Å². The molecule has 4 aromatic rings. The number of anilines is 1. The van der Waals surface area contributed by atoms with Crippen LogP contribution in [0.3, 0.4) is 0 Å². The SMILES string of the molecule is N=C/C(=C\N)c1cnc(NCCc2ccccc2)c(=O)n1CC(=O)NCc1cc2cnccc2[nH]1. The summed E-state index contributed by atoms with van der Waals surface area (Å²) < 4.78 is 1.27. The Kier molecular flexibility index (Phi) is 7.31. The summed E-state index contributed by atoms with van der Waals surface area (Å²) in [6.45, 7) is 0.503. The summed E-state index contributed by atoms with van der Waals surface area (Å²) in [5.74, 6) is -0.241. The fourth-order valence-corrected chi connectivity index (χ4v) is 3.69. The molecule has 1 aromatic carbocycles. The summed E-state index contributed by atoms with van der Waals surface area (Å²) in [4.78, 5) is 37.5. The van der Waals surface area contributed by atoms with Crippen LogP contribution in [0, 0.1) is 5.41 Å². The number of H-pyrrole nitrogens is 1. The lowest BCUT2D eigenvalue weighted by Crippen LogP contribution is -2.35. The van der Waals surface area contributed by atoms with Crippen LogP contribution in [0.2, 0.25) is 0 Å². The van der Waals surface area contributed by atoms with Crippen LogP contribution in [0.1, 0.15) is 17.0 Å². The topological polar surface area (TPSA) is 155 Å². The Balaban J connectivity index is 1.49. The lowest BCUT2D eigenvalue weighted by molar-refractivity contribution is -0.121. The minimum absolute atomic E-state index is 0.127. The first kappa shape index (κ1) is 23.4. The van der Waals surface area contributed by atoms with Gasteiger partial charge in [-0.2, -0.15) is 0 Å². The molecule has 0 radical (unpaired) electrons. The third-order valence-corrected chi connectivity index (χ3v) is 5.49. The number of nitrogens with zero attached hydrogens (tertiary/aromatic N) is 3. The average Bonchev–Trinajstić information content (AvgIpc) is 3.30. The largest absolute Gasteiger partial charge is 0.404 e. The van der Waals surface area contributed by atoms with Crippen LogP contribution in [-0.2, 0) is 24.3 Å². The number of hydrogen-bond donors (Lipinski definition) is 5. The van der Waals surface area contributed by atoms with E-state index in [-0.39, 0.29) is 36.1 Å². The monoisotopic (exact) mass is 470 g/mol. The van der Waals surface area contributed by atoms with E-state index in [4.69, 9.17) is 11.1 Å². The van der Waals surface area contributed by atoms with E-state index in [0.29, 0.717) is 13.0 Å². The molecule has 10 heteroatoms. The Morgan fingerprint density at radius 1 is 1.20 bits per heavy atom. The maximum Gasteiger partial charge on any atom is 0.294 e. The minimum Gasteiger partial charge on any atom is -0.404 e. The summed E-state index contributed by atoms with van der Waals surface area (Å²) in [6, 6.07) is 13.6. The van der Waals surface area contributed by atoms with Crippen LogP contribution in [0.25, 0.3) is 16.5 Å². The highest BCUT2D eigenvalue weighted by molar-refractivity contribution is 6.07. The zero-order valence-corrected chi connectivity index (χ0v) is 19.0. The third-order valence-electron chi connectivity index (χ3n) is 5.49. The van der Waals surface area contributed by atoms with Gasteiger partial charge in [-0.05, 0) is 24.1 Å². The normalized spacial score (nSPS) is 11.4. The van der Waals surface area contributed by atoms with E-state index in [0.717, 1.165) is 28.4 Å². The highest BCUT2D eigenvalue weighted by atomic mass is 16.2. The predicted octanol–water partition coefficient (Wildman–Crippen LogP) is 2.04. The summed E-state index contributed by atoms with van der Waals surface area (Å²) >= 11 is 0. The van der Waals surface area contributed by atoms with Crippen LogP contribution < -0.4 is 21.9 Å². The van der Waals surface area contributed by atoms with E-state index in [2.05, 4.69) is 25.6 Å². The molecule has 10 nitrogen and oxygen atoms in total. The second-order valence-corrected chi connectivity index (χ2v) is 7.85. The quantitative estimate of drug-likeness (QED) is 0.223. The molecule has 3 heterocycles. The van der Waals surface area contributed by atoms with Crippen molar-refractivity contribution in [3.63, 3.8) is 0 Å². The number of benzene rings is 1. The summed E-state index contributed by atoms with van der Waals surface area (Å²) in [5, 5.41) is 14.4. The Morgan fingerprint density at radius 3 is 2.77 bits per heavy atom. The second kappa shape index (κ2) is 10.9. The molecule has 0 atom stereocenters. The molecule has 3 aromatic heterocycles. The van der Waals surface area contributed by atoms with E-state index in [1.165, 1.54) is 17.0 Å². The molecule has 178 valence electrons. The molecule has 0 aliphatic carbocycles. The molecule has 0 aliphatic heterocycles. The van der Waals surface area contributed by atoms with Gasteiger partial charge in [0.25, 0.3) is 5.56 Å². The number of pyridine rings is 1. The zero-order chi connectivity index (χ0) is 24.6. The Labute approximate surface area is 201 Å². The Hall–Kier alpha value is -4.73. The fourth-order valence-electron chi connectivity index (χ4n) is 3.69. The number of carbonyl (C=O) groups is 1. The van der Waals surface area contributed by atoms with Crippen molar-refractivity contribution in [2.75, 3.05) is 11.9 Å². The minimum atomic E-state index is -0.469. The number of aromatic amines is 1. The van der Waals surface area contributed by atoms with Gasteiger partial charge < -0.3 is 26.8 Å². The van der Waals surface area contributed by atoms with E-state index >= 15 is 0 Å². The number of carbonyl (C=O) groups excluding carboxylic acids is 1. The van der Waals surface area contributed by atoms with Crippen LogP contribution in [0.5, 0.6) is 0 Å². The third kappa shape index (κ3) is 5.61. The van der Waals surface area contributed by atoms with Crippen molar-refractivity contribution in [3.05, 3.63) is 94.6 Å². The molecule has 0 unspecified atom stereocenters. The maximum atomic E-state index is 13.2. The number of amides is 1. The summed E-state index contributed by atoms with van der Waals surface area (Å²) in [7, 11) is 0. The van der Waals surface area contributed by atoms with Gasteiger partial charge in [0.15, 0.2) is 5.82 Å².